The highest BCUT2D eigenvalue weighted by atomic mass is 16.7. The molecule has 6 rings (SSSR count). The zero-order valence-corrected chi connectivity index (χ0v) is 26.3. The van der Waals surface area contributed by atoms with Crippen LogP contribution in [0.1, 0.15) is 71.4 Å². The molecule has 4 aliphatic rings. The molecule has 3 atom stereocenters. The normalized spacial score (nSPS) is 20.7. The van der Waals surface area contributed by atoms with Crippen molar-refractivity contribution >= 4 is 60.7 Å². The monoisotopic (exact) mass is 660 g/mol. The molecule has 2 fully saturated rings. The van der Waals surface area contributed by atoms with Crippen molar-refractivity contribution in [3.8, 4) is 0 Å². The van der Waals surface area contributed by atoms with Crippen LogP contribution in [0.2, 0.25) is 0 Å². The second-order valence-electron chi connectivity index (χ2n) is 12.6. The molecule has 0 saturated carbocycles. The number of nitrogens with one attached hydrogen (secondary N) is 2. The minimum atomic E-state index is -1.19. The highest BCUT2D eigenvalue weighted by Crippen LogP contribution is 2.24. The van der Waals surface area contributed by atoms with Crippen molar-refractivity contribution in [2.75, 3.05) is 6.54 Å². The van der Waals surface area contributed by atoms with Gasteiger partial charge in [-0.15, -0.1) is 5.06 Å². The number of imide groups is 1. The topological polar surface area (TPSA) is 201 Å². The van der Waals surface area contributed by atoms with Crippen molar-refractivity contribution in [3.05, 3.63) is 58.7 Å². The molecule has 17 heteroatoms. The van der Waals surface area contributed by atoms with E-state index in [4.69, 9.17) is 14.1 Å². The van der Waals surface area contributed by atoms with E-state index in [9.17, 15) is 38.8 Å². The first-order valence-electron chi connectivity index (χ1n) is 15.7. The number of carbonyl (C=O) groups excluding carboxylic acids is 6. The zero-order chi connectivity index (χ0) is 34.3. The largest absolute Gasteiger partial charge is 0.491 e. The van der Waals surface area contributed by atoms with Gasteiger partial charge >= 0.3 is 20.2 Å². The van der Waals surface area contributed by atoms with Gasteiger partial charge in [-0.1, -0.05) is 26.0 Å². The fraction of sp³-hybridized carbons (Fsp3) is 0.419. The summed E-state index contributed by atoms with van der Waals surface area (Å²) in [5, 5.41) is 26.4. The van der Waals surface area contributed by atoms with Gasteiger partial charge in [0.25, 0.3) is 23.6 Å². The lowest BCUT2D eigenvalue weighted by Crippen LogP contribution is -2.51. The molecule has 4 aliphatic heterocycles. The first-order valence-corrected chi connectivity index (χ1v) is 15.7. The Balaban J connectivity index is 1.19. The molecule has 0 bridgehead atoms. The summed E-state index contributed by atoms with van der Waals surface area (Å²) in [5.41, 5.74) is 2.91. The molecule has 0 spiro atoms. The van der Waals surface area contributed by atoms with E-state index in [0.29, 0.717) is 16.0 Å². The third kappa shape index (κ3) is 6.71. The number of likely N-dealkylation sites (tertiary alicyclic amines) is 1. The lowest BCUT2D eigenvalue weighted by molar-refractivity contribution is -0.198. The second-order valence-corrected chi connectivity index (χ2v) is 12.6. The molecule has 4 N–H and O–H groups in total. The van der Waals surface area contributed by atoms with Crippen LogP contribution in [0.25, 0.3) is 0 Å². The summed E-state index contributed by atoms with van der Waals surface area (Å²) in [4.78, 5) is 83.9. The van der Waals surface area contributed by atoms with Gasteiger partial charge in [-0.05, 0) is 58.7 Å². The Bertz CT molecular complexity index is 1670. The smallest absolute Gasteiger partial charge is 0.423 e. The van der Waals surface area contributed by atoms with E-state index >= 15 is 0 Å². The van der Waals surface area contributed by atoms with Crippen molar-refractivity contribution in [2.24, 2.45) is 5.92 Å². The molecule has 2 saturated heterocycles. The molecule has 0 radical (unpaired) electrons. The van der Waals surface area contributed by atoms with Crippen molar-refractivity contribution in [1.82, 2.24) is 20.6 Å². The van der Waals surface area contributed by atoms with Gasteiger partial charge in [0.05, 0.1) is 19.6 Å². The Hall–Kier alpha value is -4.57. The molecular formula is C31H34B2N4O11. The Morgan fingerprint density at radius 1 is 0.938 bits per heavy atom. The van der Waals surface area contributed by atoms with Gasteiger partial charge in [-0.2, -0.15) is 0 Å². The lowest BCUT2D eigenvalue weighted by atomic mass is 9.78. The number of hydrogen-bond acceptors (Lipinski definition) is 11. The number of rotatable bonds is 9. The summed E-state index contributed by atoms with van der Waals surface area (Å²) in [6.45, 7) is 3.93. The second kappa shape index (κ2) is 13.5. The standard InChI is InChI=1S/C31H34B2N4O11/c1-16(2)24(12-28(40)48-37-26(38)7-8-27(37)39)35-30(42)25-11-21(34-29(41)17-3-5-19-14-46-32(44)22(19)9-17)13-36(25)31(43)18-4-6-20-15-47-33(45)23(20)10-18/h3-6,9-10,16,21,24-25,44-45H,7-8,11-15H2,1-2H3,(H,34,41)(H,35,42)/t21-,24-,25+/m1/s1. The summed E-state index contributed by atoms with van der Waals surface area (Å²) in [6, 6.07) is 7.11. The maximum absolute atomic E-state index is 13.9. The highest BCUT2D eigenvalue weighted by Gasteiger charge is 2.42. The third-order valence-corrected chi connectivity index (χ3v) is 9.04. The SMILES string of the molecule is CC(C)[C@@H](CC(=O)ON1C(=O)CCC1=O)NC(=O)[C@@H]1C[C@@H](NC(=O)c2ccc3c(c2)B(O)OC3)CN1C(=O)c1ccc2c(c1)B(O)OC2. The van der Waals surface area contributed by atoms with Crippen molar-refractivity contribution < 1.29 is 53.0 Å². The molecule has 0 aliphatic carbocycles. The molecule has 250 valence electrons. The molecule has 48 heavy (non-hydrogen) atoms. The molecular weight excluding hydrogens is 626 g/mol. The van der Waals surface area contributed by atoms with Crippen LogP contribution < -0.4 is 21.6 Å². The van der Waals surface area contributed by atoms with Crippen molar-refractivity contribution in [2.45, 2.75) is 70.9 Å². The average Bonchev–Trinajstić information content (AvgIpc) is 3.83. The number of nitrogens with zero attached hydrogens (tertiary/aromatic N) is 2. The first kappa shape index (κ1) is 33.3. The summed E-state index contributed by atoms with van der Waals surface area (Å²) in [5.74, 6) is -3.98. The lowest BCUT2D eigenvalue weighted by Gasteiger charge is -2.28. The minimum Gasteiger partial charge on any atom is -0.423 e. The van der Waals surface area contributed by atoms with E-state index in [-0.39, 0.29) is 62.5 Å². The maximum atomic E-state index is 13.9. The molecule has 5 amide bonds. The summed E-state index contributed by atoms with van der Waals surface area (Å²) >= 11 is 0. The van der Waals surface area contributed by atoms with E-state index in [1.807, 2.05) is 0 Å². The molecule has 4 heterocycles. The summed E-state index contributed by atoms with van der Waals surface area (Å²) in [6.07, 6.45) is -0.419. The van der Waals surface area contributed by atoms with Crippen LogP contribution in [0.5, 0.6) is 0 Å². The molecule has 2 aromatic rings. The van der Waals surface area contributed by atoms with E-state index in [1.165, 1.54) is 17.0 Å². The van der Waals surface area contributed by atoms with Crippen molar-refractivity contribution in [1.29, 1.82) is 0 Å². The van der Waals surface area contributed by atoms with Gasteiger partial charge in [-0.3, -0.25) is 24.0 Å². The Morgan fingerprint density at radius 3 is 2.12 bits per heavy atom. The van der Waals surface area contributed by atoms with Crippen LogP contribution in [-0.2, 0) is 46.5 Å². The van der Waals surface area contributed by atoms with E-state index < -0.39 is 67.9 Å². The quantitative estimate of drug-likeness (QED) is 0.176. The van der Waals surface area contributed by atoms with Crippen LogP contribution >= 0.6 is 0 Å². The van der Waals surface area contributed by atoms with Crippen LogP contribution in [-0.4, -0.2) is 94.4 Å². The summed E-state index contributed by atoms with van der Waals surface area (Å²) in [7, 11) is -2.33. The minimum absolute atomic E-state index is 0.0248. The maximum Gasteiger partial charge on any atom is 0.491 e. The fourth-order valence-electron chi connectivity index (χ4n) is 6.26. The fourth-order valence-corrected chi connectivity index (χ4v) is 6.26. The number of hydrogen-bond donors (Lipinski definition) is 4. The van der Waals surface area contributed by atoms with E-state index in [2.05, 4.69) is 10.6 Å². The number of amides is 5. The molecule has 0 unspecified atom stereocenters. The average molecular weight is 660 g/mol. The Kier molecular flexibility index (Phi) is 9.38. The Labute approximate surface area is 276 Å². The number of fused-ring (bicyclic) bond motifs is 2. The summed E-state index contributed by atoms with van der Waals surface area (Å²) < 4.78 is 10.5. The van der Waals surface area contributed by atoms with Gasteiger partial charge < -0.3 is 39.7 Å². The number of carbonyl (C=O) groups is 6. The Morgan fingerprint density at radius 2 is 1.52 bits per heavy atom. The molecule has 15 nitrogen and oxygen atoms in total. The van der Waals surface area contributed by atoms with E-state index in [0.717, 1.165) is 11.1 Å². The highest BCUT2D eigenvalue weighted by molar-refractivity contribution is 6.62. The third-order valence-electron chi connectivity index (χ3n) is 9.04. The first-order chi connectivity index (χ1) is 22.9. The number of benzene rings is 2. The number of hydroxylamine groups is 2. The zero-order valence-electron chi connectivity index (χ0n) is 26.3. The van der Waals surface area contributed by atoms with E-state index in [1.54, 1.807) is 38.1 Å². The predicted molar refractivity (Wildman–Crippen MR) is 167 cm³/mol. The van der Waals surface area contributed by atoms with Gasteiger partial charge in [0.15, 0.2) is 0 Å². The van der Waals surface area contributed by atoms with Gasteiger partial charge in [-0.25, -0.2) is 4.79 Å². The van der Waals surface area contributed by atoms with Crippen LogP contribution in [0.3, 0.4) is 0 Å². The molecule has 2 aromatic carbocycles. The van der Waals surface area contributed by atoms with Gasteiger partial charge in [0.1, 0.15) is 6.04 Å². The van der Waals surface area contributed by atoms with Gasteiger partial charge in [0.2, 0.25) is 5.91 Å². The predicted octanol–water partition coefficient (Wildman–Crippen LogP) is -1.73. The van der Waals surface area contributed by atoms with Crippen molar-refractivity contribution in [3.63, 3.8) is 0 Å². The van der Waals surface area contributed by atoms with Crippen LogP contribution in [0.4, 0.5) is 0 Å². The van der Waals surface area contributed by atoms with Gasteiger partial charge in [0, 0.05) is 42.6 Å². The van der Waals surface area contributed by atoms with Crippen LogP contribution in [0.15, 0.2) is 36.4 Å². The molecule has 0 aromatic heterocycles. The van der Waals surface area contributed by atoms with Crippen LogP contribution in [0, 0.1) is 5.92 Å².